The van der Waals surface area contributed by atoms with Crippen LogP contribution in [0.15, 0.2) is 61.1 Å². The van der Waals surface area contributed by atoms with Gasteiger partial charge in [0, 0.05) is 61.1 Å². The summed E-state index contributed by atoms with van der Waals surface area (Å²) < 4.78 is 2.35. The fraction of sp³-hybridized carbons (Fsp3) is 0.355. The molecule has 0 amide bonds. The Balaban J connectivity index is 1.13. The minimum Gasteiger partial charge on any atom is -0.383 e. The molecule has 9 nitrogen and oxygen atoms in total. The van der Waals surface area contributed by atoms with E-state index in [-0.39, 0.29) is 0 Å². The maximum absolute atomic E-state index is 6.44. The molecule has 41 heavy (non-hydrogen) atoms. The van der Waals surface area contributed by atoms with Crippen molar-refractivity contribution in [3.8, 4) is 11.1 Å². The number of benzene rings is 2. The number of halogens is 1. The van der Waals surface area contributed by atoms with Crippen LogP contribution in [0.25, 0.3) is 33.1 Å². The number of fused-ring (bicyclic) bond motifs is 2. The molecule has 5 aromatic rings. The highest BCUT2D eigenvalue weighted by molar-refractivity contribution is 6.34. The Hall–Kier alpha value is -3.79. The van der Waals surface area contributed by atoms with E-state index in [1.807, 2.05) is 36.4 Å². The number of anilines is 3. The number of hydrogen-bond donors (Lipinski definition) is 2. The number of piperazine rings is 1. The van der Waals surface area contributed by atoms with Crippen molar-refractivity contribution in [2.75, 3.05) is 44.3 Å². The van der Waals surface area contributed by atoms with E-state index >= 15 is 0 Å². The van der Waals surface area contributed by atoms with Crippen molar-refractivity contribution in [2.24, 2.45) is 0 Å². The molecule has 210 valence electrons. The van der Waals surface area contributed by atoms with Crippen LogP contribution in [0, 0.1) is 0 Å². The van der Waals surface area contributed by atoms with E-state index in [0.29, 0.717) is 29.0 Å². The third kappa shape index (κ3) is 5.09. The second-order valence-corrected chi connectivity index (χ2v) is 11.6. The third-order valence-corrected chi connectivity index (χ3v) is 9.05. The molecule has 1 aliphatic heterocycles. The van der Waals surface area contributed by atoms with Crippen LogP contribution >= 0.6 is 11.6 Å². The number of nitrogens with one attached hydrogen (secondary N) is 1. The molecule has 0 spiro atoms. The van der Waals surface area contributed by atoms with Crippen LogP contribution < -0.4 is 11.1 Å². The maximum Gasteiger partial charge on any atom is 0.229 e. The molecule has 3 aromatic heterocycles. The zero-order valence-corrected chi connectivity index (χ0v) is 23.9. The number of rotatable bonds is 5. The van der Waals surface area contributed by atoms with Crippen molar-refractivity contribution in [1.29, 1.82) is 0 Å². The first-order valence-corrected chi connectivity index (χ1v) is 14.7. The van der Waals surface area contributed by atoms with E-state index in [1.165, 1.54) is 39.0 Å². The molecule has 1 aliphatic carbocycles. The fourth-order valence-electron chi connectivity index (χ4n) is 6.45. The van der Waals surface area contributed by atoms with Crippen LogP contribution in [0.5, 0.6) is 0 Å². The zero-order chi connectivity index (χ0) is 27.9. The first kappa shape index (κ1) is 26.1. The molecule has 2 fully saturated rings. The van der Waals surface area contributed by atoms with Crippen LogP contribution in [-0.4, -0.2) is 73.6 Å². The topological polar surface area (TPSA) is 101 Å². The van der Waals surface area contributed by atoms with Gasteiger partial charge in [-0.1, -0.05) is 35.9 Å². The molecule has 1 saturated carbocycles. The summed E-state index contributed by atoms with van der Waals surface area (Å²) in [6.45, 7) is 4.69. The number of likely N-dealkylation sites (N-methyl/N-ethyl adjacent to an activating group) is 1. The summed E-state index contributed by atoms with van der Waals surface area (Å²) in [6.07, 6.45) is 8.51. The van der Waals surface area contributed by atoms with Gasteiger partial charge in [-0.05, 0) is 62.6 Å². The van der Waals surface area contributed by atoms with Gasteiger partial charge in [-0.3, -0.25) is 4.90 Å². The number of nitrogens with zero attached hydrogens (tertiary/aromatic N) is 7. The highest BCUT2D eigenvalue weighted by Crippen LogP contribution is 2.39. The molecular formula is C31H34ClN9. The first-order chi connectivity index (χ1) is 20.0. The minimum absolute atomic E-state index is 0.403. The Bertz CT molecular complexity index is 1680. The summed E-state index contributed by atoms with van der Waals surface area (Å²) >= 11 is 6.40. The van der Waals surface area contributed by atoms with Gasteiger partial charge in [0.25, 0.3) is 0 Å². The number of aromatic nitrogens is 5. The van der Waals surface area contributed by atoms with Crippen molar-refractivity contribution in [1.82, 2.24) is 34.3 Å². The predicted molar refractivity (Wildman–Crippen MR) is 166 cm³/mol. The Morgan fingerprint density at radius 2 is 1.61 bits per heavy atom. The predicted octanol–water partition coefficient (Wildman–Crippen LogP) is 5.75. The summed E-state index contributed by atoms with van der Waals surface area (Å²) in [5, 5.41) is 5.46. The highest BCUT2D eigenvalue weighted by atomic mass is 35.5. The standard InChI is InChI=1S/C31H34ClN9/c1-39-14-16-40(17-15-39)22-10-12-23(13-11-22)41-18-25(27-29(33)34-19-35-30(27)41)20-6-8-21(9-7-20)36-31-37-26-5-3-2-4-24(26)28(32)38-31/h2-9,18-19,22-23H,10-17H2,1H3,(H2,33,34,35)(H,36,37,38)/t22-,23-. The van der Waals surface area contributed by atoms with Crippen LogP contribution in [0.3, 0.4) is 0 Å². The van der Waals surface area contributed by atoms with Gasteiger partial charge in [0.15, 0.2) is 0 Å². The minimum atomic E-state index is 0.403. The van der Waals surface area contributed by atoms with E-state index in [9.17, 15) is 0 Å². The van der Waals surface area contributed by atoms with Gasteiger partial charge in [0.1, 0.15) is 22.9 Å². The molecule has 0 bridgehead atoms. The van der Waals surface area contributed by atoms with Crippen LogP contribution in [0.4, 0.5) is 17.5 Å². The molecule has 7 rings (SSSR count). The lowest BCUT2D eigenvalue weighted by Crippen LogP contribution is -2.49. The van der Waals surface area contributed by atoms with Gasteiger partial charge in [0.05, 0.1) is 10.9 Å². The average molecular weight is 568 g/mol. The van der Waals surface area contributed by atoms with E-state index < -0.39 is 0 Å². The summed E-state index contributed by atoms with van der Waals surface area (Å²) in [5.74, 6) is 0.971. The molecule has 1 saturated heterocycles. The van der Waals surface area contributed by atoms with Crippen LogP contribution in [0.1, 0.15) is 31.7 Å². The van der Waals surface area contributed by atoms with Crippen molar-refractivity contribution in [2.45, 2.75) is 37.8 Å². The van der Waals surface area contributed by atoms with Gasteiger partial charge >= 0.3 is 0 Å². The van der Waals surface area contributed by atoms with Gasteiger partial charge in [-0.2, -0.15) is 0 Å². The number of hydrogen-bond acceptors (Lipinski definition) is 8. The van der Waals surface area contributed by atoms with E-state index in [2.05, 4.69) is 60.0 Å². The van der Waals surface area contributed by atoms with Crippen molar-refractivity contribution >= 4 is 51.0 Å². The normalized spacial score (nSPS) is 20.5. The Morgan fingerprint density at radius 1 is 0.878 bits per heavy atom. The quantitative estimate of drug-likeness (QED) is 0.259. The van der Waals surface area contributed by atoms with Crippen molar-refractivity contribution < 1.29 is 0 Å². The molecule has 0 atom stereocenters. The average Bonchev–Trinajstić information content (AvgIpc) is 3.39. The van der Waals surface area contributed by atoms with Crippen molar-refractivity contribution in [3.05, 3.63) is 66.2 Å². The molecule has 4 heterocycles. The molecule has 2 aromatic carbocycles. The van der Waals surface area contributed by atoms with Crippen LogP contribution in [0.2, 0.25) is 5.15 Å². The summed E-state index contributed by atoms with van der Waals surface area (Å²) in [4.78, 5) is 23.2. The van der Waals surface area contributed by atoms with E-state index in [4.69, 9.17) is 22.3 Å². The Kier molecular flexibility index (Phi) is 6.94. The summed E-state index contributed by atoms with van der Waals surface area (Å²) in [5.41, 5.74) is 11.1. The van der Waals surface area contributed by atoms with Crippen LogP contribution in [-0.2, 0) is 0 Å². The van der Waals surface area contributed by atoms with Gasteiger partial charge in [0.2, 0.25) is 5.95 Å². The number of para-hydroxylation sites is 1. The molecule has 2 aliphatic rings. The van der Waals surface area contributed by atoms with E-state index in [0.717, 1.165) is 51.6 Å². The first-order valence-electron chi connectivity index (χ1n) is 14.4. The highest BCUT2D eigenvalue weighted by Gasteiger charge is 2.30. The lowest BCUT2D eigenvalue weighted by molar-refractivity contribution is 0.0828. The second kappa shape index (κ2) is 10.9. The zero-order valence-electron chi connectivity index (χ0n) is 23.2. The lowest BCUT2D eigenvalue weighted by atomic mass is 9.89. The SMILES string of the molecule is CN1CCN([C@H]2CC[C@H](n3cc(-c4ccc(Nc5nc(Cl)c6ccccc6n5)cc4)c4c(N)ncnc43)CC2)CC1. The van der Waals surface area contributed by atoms with Gasteiger partial charge < -0.3 is 20.5 Å². The Labute approximate surface area is 244 Å². The van der Waals surface area contributed by atoms with Gasteiger partial charge in [-0.25, -0.2) is 19.9 Å². The number of nitrogen functional groups attached to an aromatic ring is 1. The second-order valence-electron chi connectivity index (χ2n) is 11.3. The molecule has 0 radical (unpaired) electrons. The molecular weight excluding hydrogens is 534 g/mol. The largest absolute Gasteiger partial charge is 0.383 e. The summed E-state index contributed by atoms with van der Waals surface area (Å²) in [7, 11) is 2.22. The monoisotopic (exact) mass is 567 g/mol. The molecule has 10 heteroatoms. The molecule has 0 unspecified atom stereocenters. The lowest BCUT2D eigenvalue weighted by Gasteiger charge is -2.41. The third-order valence-electron chi connectivity index (χ3n) is 8.76. The fourth-order valence-corrected chi connectivity index (χ4v) is 6.69. The molecule has 3 N–H and O–H groups in total. The Morgan fingerprint density at radius 3 is 2.39 bits per heavy atom. The van der Waals surface area contributed by atoms with Gasteiger partial charge in [-0.15, -0.1) is 0 Å². The van der Waals surface area contributed by atoms with E-state index in [1.54, 1.807) is 6.33 Å². The van der Waals surface area contributed by atoms with Crippen molar-refractivity contribution in [3.63, 3.8) is 0 Å². The smallest absolute Gasteiger partial charge is 0.229 e. The summed E-state index contributed by atoms with van der Waals surface area (Å²) in [6, 6.07) is 17.0. The number of nitrogens with two attached hydrogens (primary N) is 1. The maximum atomic E-state index is 6.44.